The number of fused-ring (bicyclic) bond motifs is 2. The minimum absolute atomic E-state index is 0.0613. The fourth-order valence-electron chi connectivity index (χ4n) is 5.45. The first-order valence-corrected chi connectivity index (χ1v) is 11.7. The predicted molar refractivity (Wildman–Crippen MR) is 121 cm³/mol. The topological polar surface area (TPSA) is 78.9 Å². The maximum absolute atomic E-state index is 12.6. The molecule has 0 saturated heterocycles. The maximum Gasteiger partial charge on any atom is 0.334 e. The average Bonchev–Trinajstić information content (AvgIpc) is 2.97. The highest BCUT2D eigenvalue weighted by Gasteiger charge is 2.54. The smallest absolute Gasteiger partial charge is 0.334 e. The van der Waals surface area contributed by atoms with Crippen molar-refractivity contribution in [1.82, 2.24) is 0 Å². The Bertz CT molecular complexity index is 879. The third kappa shape index (κ3) is 4.69. The number of carbonyl (C=O) groups is 3. The molecule has 0 radical (unpaired) electrons. The van der Waals surface area contributed by atoms with Crippen LogP contribution in [-0.2, 0) is 28.6 Å². The van der Waals surface area contributed by atoms with Crippen molar-refractivity contribution in [2.24, 2.45) is 11.3 Å². The van der Waals surface area contributed by atoms with E-state index in [1.54, 1.807) is 0 Å². The molecule has 0 aromatic carbocycles. The van der Waals surface area contributed by atoms with Crippen LogP contribution in [0.25, 0.3) is 0 Å². The van der Waals surface area contributed by atoms with Gasteiger partial charge in [-0.1, -0.05) is 31.1 Å². The minimum Gasteiger partial charge on any atom is -0.462 e. The molecule has 0 bridgehead atoms. The second-order valence-electron chi connectivity index (χ2n) is 9.66. The highest BCUT2D eigenvalue weighted by Crippen LogP contribution is 2.52. The quantitative estimate of drug-likeness (QED) is 0.346. The van der Waals surface area contributed by atoms with Crippen molar-refractivity contribution in [3.63, 3.8) is 0 Å². The predicted octanol–water partition coefficient (Wildman–Crippen LogP) is 4.97. The molecule has 6 heteroatoms. The van der Waals surface area contributed by atoms with Gasteiger partial charge in [-0.2, -0.15) is 0 Å². The van der Waals surface area contributed by atoms with Gasteiger partial charge in [-0.25, -0.2) is 4.79 Å². The zero-order valence-electron chi connectivity index (χ0n) is 20.2. The van der Waals surface area contributed by atoms with Crippen molar-refractivity contribution in [1.29, 1.82) is 0 Å². The van der Waals surface area contributed by atoms with E-state index in [0.717, 1.165) is 16.7 Å². The number of esters is 3. The molecular weight excluding hydrogens is 408 g/mol. The normalized spacial score (nSPS) is 32.8. The first-order chi connectivity index (χ1) is 15.1. The van der Waals surface area contributed by atoms with Crippen LogP contribution in [0.1, 0.15) is 80.1 Å². The van der Waals surface area contributed by atoms with Gasteiger partial charge in [0, 0.05) is 30.8 Å². The second-order valence-corrected chi connectivity index (χ2v) is 9.66. The van der Waals surface area contributed by atoms with Gasteiger partial charge in [0.05, 0.1) is 0 Å². The third-order valence-electron chi connectivity index (χ3n) is 7.40. The second kappa shape index (κ2) is 9.63. The van der Waals surface area contributed by atoms with Gasteiger partial charge in [0.2, 0.25) is 0 Å². The fraction of sp³-hybridized carbons (Fsp3) is 0.654. The summed E-state index contributed by atoms with van der Waals surface area (Å²) >= 11 is 0. The minimum atomic E-state index is -0.630. The van der Waals surface area contributed by atoms with E-state index < -0.39 is 17.6 Å². The van der Waals surface area contributed by atoms with E-state index in [0.29, 0.717) is 44.1 Å². The summed E-state index contributed by atoms with van der Waals surface area (Å²) in [7, 11) is 0. The lowest BCUT2D eigenvalue weighted by molar-refractivity contribution is -0.180. The Morgan fingerprint density at radius 2 is 1.91 bits per heavy atom. The van der Waals surface area contributed by atoms with Gasteiger partial charge in [0.1, 0.15) is 18.3 Å². The molecule has 6 nitrogen and oxygen atoms in total. The van der Waals surface area contributed by atoms with Gasteiger partial charge in [0.15, 0.2) is 0 Å². The van der Waals surface area contributed by atoms with E-state index in [1.165, 1.54) is 6.92 Å². The van der Waals surface area contributed by atoms with Crippen molar-refractivity contribution in [2.45, 2.75) is 98.4 Å². The summed E-state index contributed by atoms with van der Waals surface area (Å²) in [6.07, 6.45) is 6.47. The molecule has 2 aliphatic carbocycles. The molecule has 1 heterocycles. The van der Waals surface area contributed by atoms with Gasteiger partial charge in [-0.05, 0) is 64.0 Å². The standard InChI is InChI=1S/C26H36O6/c1-7-8-24(28)32-23-11-9-15(2)13-21-19(17(4)25(29)31-21)14-20-16(3)10-12-22(26(20,23)6)30-18(5)27/h10,13,20-23H,7-9,11-12,14H2,1-6H3. The SMILES string of the molecule is CCCC(=O)OC1CCC(C)=CC2OC(=O)C(C)=C2CC2C(C)=CCC(OC(C)=O)C12C. The van der Waals surface area contributed by atoms with E-state index in [2.05, 4.69) is 19.9 Å². The molecule has 1 aliphatic heterocycles. The Morgan fingerprint density at radius 1 is 1.19 bits per heavy atom. The zero-order valence-corrected chi connectivity index (χ0v) is 20.2. The van der Waals surface area contributed by atoms with Crippen LogP contribution in [0.2, 0.25) is 0 Å². The number of carbonyl (C=O) groups excluding carboxylic acids is 3. The number of allylic oxidation sites excluding steroid dienone is 2. The molecule has 176 valence electrons. The molecule has 0 saturated carbocycles. The van der Waals surface area contributed by atoms with E-state index in [4.69, 9.17) is 14.2 Å². The fourth-order valence-corrected chi connectivity index (χ4v) is 5.45. The molecule has 0 amide bonds. The molecule has 32 heavy (non-hydrogen) atoms. The summed E-state index contributed by atoms with van der Waals surface area (Å²) in [5.74, 6) is -0.913. The summed E-state index contributed by atoms with van der Waals surface area (Å²) < 4.78 is 17.6. The van der Waals surface area contributed by atoms with Gasteiger partial charge in [0.25, 0.3) is 0 Å². The molecule has 0 spiro atoms. The van der Waals surface area contributed by atoms with Crippen molar-refractivity contribution >= 4 is 17.9 Å². The van der Waals surface area contributed by atoms with Crippen LogP contribution < -0.4 is 0 Å². The highest BCUT2D eigenvalue weighted by atomic mass is 16.6. The van der Waals surface area contributed by atoms with Crippen LogP contribution in [0.15, 0.2) is 34.4 Å². The number of rotatable bonds is 4. The average molecular weight is 445 g/mol. The van der Waals surface area contributed by atoms with E-state index in [9.17, 15) is 14.4 Å². The lowest BCUT2D eigenvalue weighted by atomic mass is 9.59. The van der Waals surface area contributed by atoms with E-state index >= 15 is 0 Å². The molecule has 0 N–H and O–H groups in total. The van der Waals surface area contributed by atoms with Crippen LogP contribution in [-0.4, -0.2) is 36.2 Å². The van der Waals surface area contributed by atoms with Gasteiger partial charge in [-0.3, -0.25) is 9.59 Å². The molecule has 0 fully saturated rings. The van der Waals surface area contributed by atoms with Gasteiger partial charge < -0.3 is 14.2 Å². The molecule has 3 rings (SSSR count). The molecule has 0 aromatic heterocycles. The number of hydrogen-bond donors (Lipinski definition) is 0. The van der Waals surface area contributed by atoms with Gasteiger partial charge in [-0.15, -0.1) is 0 Å². The monoisotopic (exact) mass is 444 g/mol. The molecule has 5 unspecified atom stereocenters. The zero-order chi connectivity index (χ0) is 23.6. The summed E-state index contributed by atoms with van der Waals surface area (Å²) in [4.78, 5) is 37.0. The number of hydrogen-bond acceptors (Lipinski definition) is 6. The molecular formula is C26H36O6. The molecule has 5 atom stereocenters. The Kier molecular flexibility index (Phi) is 7.31. The van der Waals surface area contributed by atoms with Crippen LogP contribution in [0.3, 0.4) is 0 Å². The summed E-state index contributed by atoms with van der Waals surface area (Å²) in [5, 5.41) is 0. The lowest BCUT2D eigenvalue weighted by Gasteiger charge is -2.50. The summed E-state index contributed by atoms with van der Waals surface area (Å²) in [5.41, 5.74) is 3.22. The first kappa shape index (κ1) is 24.3. The lowest BCUT2D eigenvalue weighted by Crippen LogP contribution is -2.54. The Labute approximate surface area is 191 Å². The maximum atomic E-state index is 12.6. The third-order valence-corrected chi connectivity index (χ3v) is 7.40. The van der Waals surface area contributed by atoms with E-state index in [-0.39, 0.29) is 29.9 Å². The Balaban J connectivity index is 2.13. The van der Waals surface area contributed by atoms with Crippen LogP contribution in [0, 0.1) is 11.3 Å². The Hall–Kier alpha value is -2.37. The first-order valence-electron chi connectivity index (χ1n) is 11.7. The highest BCUT2D eigenvalue weighted by molar-refractivity contribution is 5.92. The van der Waals surface area contributed by atoms with Crippen molar-refractivity contribution < 1.29 is 28.6 Å². The van der Waals surface area contributed by atoms with Crippen molar-refractivity contribution in [2.75, 3.05) is 0 Å². The Morgan fingerprint density at radius 3 is 2.56 bits per heavy atom. The summed E-state index contributed by atoms with van der Waals surface area (Å²) in [6, 6.07) is 0. The largest absolute Gasteiger partial charge is 0.462 e. The van der Waals surface area contributed by atoms with Crippen molar-refractivity contribution in [3.05, 3.63) is 34.4 Å². The number of ether oxygens (including phenoxy) is 3. The van der Waals surface area contributed by atoms with Crippen LogP contribution in [0.5, 0.6) is 0 Å². The van der Waals surface area contributed by atoms with Crippen molar-refractivity contribution in [3.8, 4) is 0 Å². The van der Waals surface area contributed by atoms with Crippen LogP contribution in [0.4, 0.5) is 0 Å². The molecule has 0 aromatic rings. The van der Waals surface area contributed by atoms with E-state index in [1.807, 2.05) is 26.8 Å². The summed E-state index contributed by atoms with van der Waals surface area (Å²) in [6.45, 7) is 11.4. The molecule has 3 aliphatic rings. The van der Waals surface area contributed by atoms with Crippen LogP contribution >= 0.6 is 0 Å². The van der Waals surface area contributed by atoms with Gasteiger partial charge >= 0.3 is 17.9 Å².